The SMILES string of the molecule is CC(=O)N(CC[C@@H](CCC(C)C)c1ccc(OC(C)C)cc1)Cc1ccco1. The Morgan fingerprint density at radius 2 is 1.75 bits per heavy atom. The Balaban J connectivity index is 2.05. The van der Waals surface area contributed by atoms with E-state index in [0.29, 0.717) is 18.4 Å². The first-order valence-electron chi connectivity index (χ1n) is 10.4. The summed E-state index contributed by atoms with van der Waals surface area (Å²) in [6.45, 7) is 11.5. The van der Waals surface area contributed by atoms with Gasteiger partial charge in [0.15, 0.2) is 0 Å². The molecule has 1 aromatic heterocycles. The molecule has 0 unspecified atom stereocenters. The molecule has 4 nitrogen and oxygen atoms in total. The fourth-order valence-corrected chi connectivity index (χ4v) is 3.35. The second-order valence-corrected chi connectivity index (χ2v) is 8.21. The molecule has 0 N–H and O–H groups in total. The van der Waals surface area contributed by atoms with Crippen LogP contribution in [-0.2, 0) is 11.3 Å². The fraction of sp³-hybridized carbons (Fsp3) is 0.542. The van der Waals surface area contributed by atoms with Gasteiger partial charge in [-0.3, -0.25) is 4.79 Å². The maximum Gasteiger partial charge on any atom is 0.219 e. The van der Waals surface area contributed by atoms with Crippen LogP contribution in [0.15, 0.2) is 47.1 Å². The van der Waals surface area contributed by atoms with Gasteiger partial charge in [0, 0.05) is 13.5 Å². The molecule has 2 rings (SSSR count). The van der Waals surface area contributed by atoms with Gasteiger partial charge in [-0.15, -0.1) is 0 Å². The van der Waals surface area contributed by atoms with Gasteiger partial charge in [0.1, 0.15) is 11.5 Å². The predicted octanol–water partition coefficient (Wildman–Crippen LogP) is 6.03. The summed E-state index contributed by atoms with van der Waals surface area (Å²) in [7, 11) is 0. The van der Waals surface area contributed by atoms with Crippen LogP contribution < -0.4 is 4.74 Å². The molecule has 0 radical (unpaired) electrons. The van der Waals surface area contributed by atoms with Crippen LogP contribution in [-0.4, -0.2) is 23.5 Å². The van der Waals surface area contributed by atoms with Crippen molar-refractivity contribution in [2.75, 3.05) is 6.54 Å². The van der Waals surface area contributed by atoms with Gasteiger partial charge in [0.05, 0.1) is 18.9 Å². The van der Waals surface area contributed by atoms with Crippen LogP contribution in [0.2, 0.25) is 0 Å². The highest BCUT2D eigenvalue weighted by Gasteiger charge is 2.17. The summed E-state index contributed by atoms with van der Waals surface area (Å²) in [6, 6.07) is 12.2. The lowest BCUT2D eigenvalue weighted by Gasteiger charge is -2.25. The zero-order valence-electron chi connectivity index (χ0n) is 18.0. The number of nitrogens with zero attached hydrogens (tertiary/aromatic N) is 1. The van der Waals surface area contributed by atoms with Gasteiger partial charge < -0.3 is 14.1 Å². The van der Waals surface area contributed by atoms with Gasteiger partial charge in [0.2, 0.25) is 5.91 Å². The van der Waals surface area contributed by atoms with E-state index in [9.17, 15) is 4.79 Å². The van der Waals surface area contributed by atoms with Crippen molar-refractivity contribution in [1.29, 1.82) is 0 Å². The highest BCUT2D eigenvalue weighted by atomic mass is 16.5. The van der Waals surface area contributed by atoms with Crippen molar-refractivity contribution in [2.45, 2.75) is 72.4 Å². The molecule has 2 aromatic rings. The molecule has 0 fully saturated rings. The quantitative estimate of drug-likeness (QED) is 0.474. The van der Waals surface area contributed by atoms with Crippen molar-refractivity contribution in [3.63, 3.8) is 0 Å². The van der Waals surface area contributed by atoms with Gasteiger partial charge >= 0.3 is 0 Å². The van der Waals surface area contributed by atoms with Crippen molar-refractivity contribution >= 4 is 5.91 Å². The zero-order valence-corrected chi connectivity index (χ0v) is 18.0. The summed E-state index contributed by atoms with van der Waals surface area (Å²) in [6.07, 6.45) is 5.06. The number of amides is 1. The Morgan fingerprint density at radius 3 is 2.29 bits per heavy atom. The molecule has 4 heteroatoms. The fourth-order valence-electron chi connectivity index (χ4n) is 3.35. The van der Waals surface area contributed by atoms with E-state index in [4.69, 9.17) is 9.15 Å². The van der Waals surface area contributed by atoms with Crippen molar-refractivity contribution < 1.29 is 13.9 Å². The zero-order chi connectivity index (χ0) is 20.5. The molecule has 1 amide bonds. The van der Waals surface area contributed by atoms with Crippen LogP contribution >= 0.6 is 0 Å². The Bertz CT molecular complexity index is 689. The highest BCUT2D eigenvalue weighted by Crippen LogP contribution is 2.29. The topological polar surface area (TPSA) is 42.7 Å². The van der Waals surface area contributed by atoms with Crippen molar-refractivity contribution in [1.82, 2.24) is 4.90 Å². The van der Waals surface area contributed by atoms with Gasteiger partial charge in [-0.2, -0.15) is 0 Å². The van der Waals surface area contributed by atoms with E-state index in [2.05, 4.69) is 38.1 Å². The molecule has 0 spiro atoms. The molecular formula is C24H35NO3. The average molecular weight is 386 g/mol. The third-order valence-electron chi connectivity index (χ3n) is 4.94. The van der Waals surface area contributed by atoms with Crippen molar-refractivity contribution in [2.24, 2.45) is 5.92 Å². The standard InChI is InChI=1S/C24H35NO3/c1-18(2)8-9-22(21-10-12-23(13-11-21)28-19(3)4)14-15-25(20(5)26)17-24-7-6-16-27-24/h6-7,10-13,16,18-19,22H,8-9,14-15,17H2,1-5H3/t22-/m1/s1. The van der Waals surface area contributed by atoms with E-state index in [1.165, 1.54) is 12.0 Å². The number of carbonyl (C=O) groups is 1. The average Bonchev–Trinajstić information content (AvgIpc) is 3.14. The number of furan rings is 1. The third kappa shape index (κ3) is 7.41. The van der Waals surface area contributed by atoms with E-state index in [-0.39, 0.29) is 12.0 Å². The molecule has 0 aliphatic rings. The normalized spacial score (nSPS) is 12.4. The number of hydrogen-bond donors (Lipinski definition) is 0. The van der Waals surface area contributed by atoms with Crippen LogP contribution in [0.3, 0.4) is 0 Å². The molecule has 0 saturated carbocycles. The van der Waals surface area contributed by atoms with E-state index >= 15 is 0 Å². The summed E-state index contributed by atoms with van der Waals surface area (Å²) in [4.78, 5) is 14.0. The second-order valence-electron chi connectivity index (χ2n) is 8.21. The van der Waals surface area contributed by atoms with E-state index in [1.54, 1.807) is 13.2 Å². The van der Waals surface area contributed by atoms with Gasteiger partial charge in [-0.05, 0) is 68.4 Å². The Morgan fingerprint density at radius 1 is 1.04 bits per heavy atom. The van der Waals surface area contributed by atoms with Crippen molar-refractivity contribution in [3.05, 3.63) is 54.0 Å². The first-order chi connectivity index (χ1) is 13.3. The molecule has 0 saturated heterocycles. The van der Waals surface area contributed by atoms with E-state index < -0.39 is 0 Å². The van der Waals surface area contributed by atoms with Crippen molar-refractivity contribution in [3.8, 4) is 5.75 Å². The lowest BCUT2D eigenvalue weighted by atomic mass is 9.88. The van der Waals surface area contributed by atoms with E-state index in [0.717, 1.165) is 30.9 Å². The smallest absolute Gasteiger partial charge is 0.219 e. The molecule has 0 bridgehead atoms. The predicted molar refractivity (Wildman–Crippen MR) is 113 cm³/mol. The molecule has 0 aliphatic carbocycles. The molecule has 1 aromatic carbocycles. The van der Waals surface area contributed by atoms with Crippen LogP contribution in [0, 0.1) is 5.92 Å². The number of ether oxygens (including phenoxy) is 1. The van der Waals surface area contributed by atoms with Crippen LogP contribution in [0.1, 0.15) is 71.1 Å². The van der Waals surface area contributed by atoms with Gasteiger partial charge in [-0.1, -0.05) is 32.4 Å². The summed E-state index contributed by atoms with van der Waals surface area (Å²) in [5.74, 6) is 2.90. The highest BCUT2D eigenvalue weighted by molar-refractivity contribution is 5.73. The monoisotopic (exact) mass is 385 g/mol. The molecule has 0 aliphatic heterocycles. The summed E-state index contributed by atoms with van der Waals surface area (Å²) < 4.78 is 11.2. The summed E-state index contributed by atoms with van der Waals surface area (Å²) >= 11 is 0. The van der Waals surface area contributed by atoms with Crippen LogP contribution in [0.25, 0.3) is 0 Å². The molecule has 1 heterocycles. The molecule has 154 valence electrons. The minimum Gasteiger partial charge on any atom is -0.491 e. The summed E-state index contributed by atoms with van der Waals surface area (Å²) in [5.41, 5.74) is 1.32. The Labute approximate surface area is 169 Å². The maximum atomic E-state index is 12.1. The first-order valence-corrected chi connectivity index (χ1v) is 10.4. The Kier molecular flexibility index (Phi) is 8.62. The lowest BCUT2D eigenvalue weighted by molar-refractivity contribution is -0.129. The number of carbonyl (C=O) groups excluding carboxylic acids is 1. The van der Waals surface area contributed by atoms with E-state index in [1.807, 2.05) is 30.9 Å². The van der Waals surface area contributed by atoms with Gasteiger partial charge in [0.25, 0.3) is 0 Å². The minimum absolute atomic E-state index is 0.0830. The summed E-state index contributed by atoms with van der Waals surface area (Å²) in [5, 5.41) is 0. The molecule has 1 atom stereocenters. The van der Waals surface area contributed by atoms with Crippen LogP contribution in [0.5, 0.6) is 5.75 Å². The minimum atomic E-state index is 0.0830. The lowest BCUT2D eigenvalue weighted by Crippen LogP contribution is -2.30. The van der Waals surface area contributed by atoms with Crippen LogP contribution in [0.4, 0.5) is 0 Å². The molecular weight excluding hydrogens is 350 g/mol. The van der Waals surface area contributed by atoms with Gasteiger partial charge in [-0.25, -0.2) is 0 Å². The number of rotatable bonds is 11. The number of benzene rings is 1. The largest absolute Gasteiger partial charge is 0.491 e. The molecule has 28 heavy (non-hydrogen) atoms. The second kappa shape index (κ2) is 10.9. The third-order valence-corrected chi connectivity index (χ3v) is 4.94. The maximum absolute atomic E-state index is 12.1. The first kappa shape index (κ1) is 22.1. The Hall–Kier alpha value is -2.23. The number of hydrogen-bond acceptors (Lipinski definition) is 3.